The molecule has 0 spiro atoms. The van der Waals surface area contributed by atoms with E-state index in [2.05, 4.69) is 31.7 Å². The van der Waals surface area contributed by atoms with Crippen LogP contribution in [-0.2, 0) is 10.0 Å². The zero-order chi connectivity index (χ0) is 26.8. The second kappa shape index (κ2) is 10.3. The summed E-state index contributed by atoms with van der Waals surface area (Å²) in [6.07, 6.45) is 6.06. The number of anilines is 2. The molecule has 3 heterocycles. The predicted molar refractivity (Wildman–Crippen MR) is 153 cm³/mol. The predicted octanol–water partition coefficient (Wildman–Crippen LogP) is 5.50. The minimum absolute atomic E-state index is 0.194. The van der Waals surface area contributed by atoms with Crippen LogP contribution in [0.15, 0.2) is 102 Å². The lowest BCUT2D eigenvalue weighted by Gasteiger charge is -2.18. The summed E-state index contributed by atoms with van der Waals surface area (Å²) in [5.74, 6) is 2.11. The lowest BCUT2D eigenvalue weighted by atomic mass is 9.98. The van der Waals surface area contributed by atoms with Crippen LogP contribution in [0.5, 0.6) is 5.75 Å². The number of methoxy groups -OCH3 is 1. The lowest BCUT2D eigenvalue weighted by Crippen LogP contribution is -2.20. The van der Waals surface area contributed by atoms with Crippen molar-refractivity contribution in [1.82, 2.24) is 15.0 Å². The fraction of sp³-hybridized carbons (Fsp3) is 0.167. The Bertz CT molecular complexity index is 1740. The number of fused-ring (bicyclic) bond motifs is 1. The second-order valence-electron chi connectivity index (χ2n) is 9.52. The fourth-order valence-corrected chi connectivity index (χ4v) is 5.99. The van der Waals surface area contributed by atoms with Gasteiger partial charge in [0.05, 0.1) is 41.1 Å². The summed E-state index contributed by atoms with van der Waals surface area (Å²) in [5.41, 5.74) is 4.86. The molecule has 0 saturated carbocycles. The molecule has 1 aliphatic rings. The first-order valence-electron chi connectivity index (χ1n) is 12.7. The second-order valence-corrected chi connectivity index (χ2v) is 11.2. The van der Waals surface area contributed by atoms with Crippen molar-refractivity contribution in [2.75, 3.05) is 29.8 Å². The molecule has 6 rings (SSSR count). The van der Waals surface area contributed by atoms with Gasteiger partial charge in [0.2, 0.25) is 0 Å². The first kappa shape index (κ1) is 24.8. The summed E-state index contributed by atoms with van der Waals surface area (Å²) < 4.78 is 33.5. The third kappa shape index (κ3) is 5.26. The number of aromatic nitrogens is 3. The van der Waals surface area contributed by atoms with E-state index in [1.54, 1.807) is 49.7 Å². The van der Waals surface area contributed by atoms with Gasteiger partial charge in [0, 0.05) is 30.8 Å². The highest BCUT2D eigenvalue weighted by molar-refractivity contribution is 7.92. The SMILES string of the molecule is COc1cccc(C2CCN(c3cnc4ccc(-c5cncc(NS(=O)(=O)c6ccccc6)c5)cc4n3)C2)c1. The normalized spacial score (nSPS) is 15.4. The van der Waals surface area contributed by atoms with Crippen LogP contribution in [0.25, 0.3) is 22.2 Å². The summed E-state index contributed by atoms with van der Waals surface area (Å²) in [6, 6.07) is 24.1. The van der Waals surface area contributed by atoms with E-state index in [4.69, 9.17) is 9.72 Å². The summed E-state index contributed by atoms with van der Waals surface area (Å²) in [4.78, 5) is 16.3. The molecule has 9 heteroatoms. The van der Waals surface area contributed by atoms with Gasteiger partial charge in [0.1, 0.15) is 11.6 Å². The van der Waals surface area contributed by atoms with Gasteiger partial charge in [-0.15, -0.1) is 0 Å². The Kier molecular flexibility index (Phi) is 6.58. The maximum Gasteiger partial charge on any atom is 0.261 e. The van der Waals surface area contributed by atoms with Gasteiger partial charge >= 0.3 is 0 Å². The molecular weight excluding hydrogens is 510 g/mol. The molecule has 1 unspecified atom stereocenters. The molecule has 1 N–H and O–H groups in total. The Labute approximate surface area is 227 Å². The highest BCUT2D eigenvalue weighted by atomic mass is 32.2. The van der Waals surface area contributed by atoms with Crippen LogP contribution in [-0.4, -0.2) is 43.6 Å². The van der Waals surface area contributed by atoms with Crippen molar-refractivity contribution in [3.05, 3.63) is 103 Å². The van der Waals surface area contributed by atoms with Crippen LogP contribution >= 0.6 is 0 Å². The molecule has 1 aliphatic heterocycles. The van der Waals surface area contributed by atoms with Crippen molar-refractivity contribution >= 4 is 32.6 Å². The van der Waals surface area contributed by atoms with Crippen LogP contribution in [0.1, 0.15) is 17.9 Å². The van der Waals surface area contributed by atoms with Crippen molar-refractivity contribution in [3.8, 4) is 16.9 Å². The van der Waals surface area contributed by atoms with Crippen LogP contribution in [0, 0.1) is 0 Å². The average molecular weight is 538 g/mol. The van der Waals surface area contributed by atoms with Gasteiger partial charge in [0.15, 0.2) is 0 Å². The van der Waals surface area contributed by atoms with Gasteiger partial charge in [-0.3, -0.25) is 14.7 Å². The third-order valence-corrected chi connectivity index (χ3v) is 8.38. The number of nitrogens with zero attached hydrogens (tertiary/aromatic N) is 4. The molecule has 0 radical (unpaired) electrons. The Balaban J connectivity index is 1.24. The van der Waals surface area contributed by atoms with Gasteiger partial charge < -0.3 is 9.64 Å². The van der Waals surface area contributed by atoms with E-state index in [0.29, 0.717) is 11.6 Å². The van der Waals surface area contributed by atoms with Gasteiger partial charge in [-0.05, 0) is 60.0 Å². The molecule has 1 fully saturated rings. The van der Waals surface area contributed by atoms with E-state index in [-0.39, 0.29) is 4.90 Å². The van der Waals surface area contributed by atoms with E-state index in [0.717, 1.165) is 53.2 Å². The van der Waals surface area contributed by atoms with Crippen molar-refractivity contribution in [3.63, 3.8) is 0 Å². The minimum atomic E-state index is -3.72. The first-order chi connectivity index (χ1) is 19.0. The quantitative estimate of drug-likeness (QED) is 0.293. The lowest BCUT2D eigenvalue weighted by molar-refractivity contribution is 0.414. The standard InChI is InChI=1S/C30H27N5O3S/c1-38-26-7-5-6-21(15-26)23-12-13-35(20-23)30-19-32-28-11-10-22(16-29(28)33-30)24-14-25(18-31-17-24)34-39(36,37)27-8-3-2-4-9-27/h2-11,14-19,23,34H,12-13,20H2,1H3. The minimum Gasteiger partial charge on any atom is -0.497 e. The molecule has 2 aromatic heterocycles. The van der Waals surface area contributed by atoms with Crippen molar-refractivity contribution in [2.45, 2.75) is 17.2 Å². The molecule has 0 aliphatic carbocycles. The van der Waals surface area contributed by atoms with E-state index in [9.17, 15) is 8.42 Å². The molecule has 8 nitrogen and oxygen atoms in total. The van der Waals surface area contributed by atoms with Crippen molar-refractivity contribution < 1.29 is 13.2 Å². The van der Waals surface area contributed by atoms with Crippen molar-refractivity contribution in [1.29, 1.82) is 0 Å². The third-order valence-electron chi connectivity index (χ3n) is 6.98. The largest absolute Gasteiger partial charge is 0.497 e. The first-order valence-corrected chi connectivity index (χ1v) is 14.2. The maximum absolute atomic E-state index is 12.8. The molecular formula is C30H27N5O3S. The Morgan fingerprint density at radius 3 is 2.62 bits per heavy atom. The Hall–Kier alpha value is -4.50. The molecule has 1 saturated heterocycles. The Morgan fingerprint density at radius 2 is 1.77 bits per heavy atom. The van der Waals surface area contributed by atoms with E-state index in [1.807, 2.05) is 36.5 Å². The monoisotopic (exact) mass is 537 g/mol. The van der Waals surface area contributed by atoms with Gasteiger partial charge in [0.25, 0.3) is 10.0 Å². The Morgan fingerprint density at radius 1 is 0.897 bits per heavy atom. The number of hydrogen-bond acceptors (Lipinski definition) is 7. The molecule has 5 aromatic rings. The number of ether oxygens (including phenoxy) is 1. The average Bonchev–Trinajstić information content (AvgIpc) is 3.48. The number of sulfonamides is 1. The topological polar surface area (TPSA) is 97.3 Å². The molecule has 1 atom stereocenters. The van der Waals surface area contributed by atoms with Gasteiger partial charge in [-0.1, -0.05) is 36.4 Å². The molecule has 0 bridgehead atoms. The molecule has 3 aromatic carbocycles. The number of pyridine rings is 1. The summed E-state index contributed by atoms with van der Waals surface area (Å²) in [6.45, 7) is 1.76. The number of hydrogen-bond donors (Lipinski definition) is 1. The van der Waals surface area contributed by atoms with Crippen molar-refractivity contribution in [2.24, 2.45) is 0 Å². The zero-order valence-electron chi connectivity index (χ0n) is 21.4. The highest BCUT2D eigenvalue weighted by Gasteiger charge is 2.25. The highest BCUT2D eigenvalue weighted by Crippen LogP contribution is 2.32. The van der Waals surface area contributed by atoms with Crippen LogP contribution in [0.4, 0.5) is 11.5 Å². The fourth-order valence-electron chi connectivity index (χ4n) is 4.94. The van der Waals surface area contributed by atoms with Gasteiger partial charge in [-0.25, -0.2) is 13.4 Å². The smallest absolute Gasteiger partial charge is 0.261 e. The molecule has 39 heavy (non-hydrogen) atoms. The van der Waals surface area contributed by atoms with Crippen LogP contribution < -0.4 is 14.4 Å². The zero-order valence-corrected chi connectivity index (χ0v) is 22.2. The summed E-state index contributed by atoms with van der Waals surface area (Å²) >= 11 is 0. The van der Waals surface area contributed by atoms with Crippen LogP contribution in [0.2, 0.25) is 0 Å². The number of benzene rings is 3. The van der Waals surface area contributed by atoms with E-state index >= 15 is 0 Å². The number of nitrogens with one attached hydrogen (secondary N) is 1. The maximum atomic E-state index is 12.8. The summed E-state index contributed by atoms with van der Waals surface area (Å²) in [7, 11) is -2.03. The van der Waals surface area contributed by atoms with E-state index in [1.165, 1.54) is 11.8 Å². The van der Waals surface area contributed by atoms with E-state index < -0.39 is 10.0 Å². The molecule has 0 amide bonds. The molecule has 196 valence electrons. The van der Waals surface area contributed by atoms with Gasteiger partial charge in [-0.2, -0.15) is 0 Å². The van der Waals surface area contributed by atoms with Crippen LogP contribution in [0.3, 0.4) is 0 Å². The summed E-state index contributed by atoms with van der Waals surface area (Å²) in [5, 5.41) is 0. The number of rotatable bonds is 7.